The SMILES string of the molecule is CN(c1ccc(Br)cc1C#N)C1CCCC1CN. The highest BCUT2D eigenvalue weighted by molar-refractivity contribution is 9.10. The average Bonchev–Trinajstić information content (AvgIpc) is 2.86. The van der Waals surface area contributed by atoms with Gasteiger partial charge in [-0.2, -0.15) is 5.26 Å². The molecule has 1 fully saturated rings. The van der Waals surface area contributed by atoms with Gasteiger partial charge in [0, 0.05) is 17.6 Å². The molecule has 96 valence electrons. The molecule has 0 heterocycles. The highest BCUT2D eigenvalue weighted by Crippen LogP contribution is 2.33. The van der Waals surface area contributed by atoms with Crippen LogP contribution in [0.2, 0.25) is 0 Å². The topological polar surface area (TPSA) is 53.0 Å². The Morgan fingerprint density at radius 3 is 2.94 bits per heavy atom. The number of nitriles is 1. The highest BCUT2D eigenvalue weighted by atomic mass is 79.9. The minimum Gasteiger partial charge on any atom is -0.370 e. The van der Waals surface area contributed by atoms with Gasteiger partial charge in [0.15, 0.2) is 0 Å². The largest absolute Gasteiger partial charge is 0.370 e. The number of anilines is 1. The zero-order valence-electron chi connectivity index (χ0n) is 10.6. The molecule has 3 nitrogen and oxygen atoms in total. The first-order valence-electron chi connectivity index (χ1n) is 6.30. The molecular formula is C14H18BrN3. The summed E-state index contributed by atoms with van der Waals surface area (Å²) in [6, 6.07) is 8.60. The summed E-state index contributed by atoms with van der Waals surface area (Å²) in [7, 11) is 2.07. The molecule has 0 aromatic heterocycles. The average molecular weight is 308 g/mol. The predicted molar refractivity (Wildman–Crippen MR) is 77.4 cm³/mol. The van der Waals surface area contributed by atoms with E-state index < -0.39 is 0 Å². The van der Waals surface area contributed by atoms with Crippen LogP contribution < -0.4 is 10.6 Å². The van der Waals surface area contributed by atoms with E-state index in [1.165, 1.54) is 19.3 Å². The second-order valence-corrected chi connectivity index (χ2v) is 5.79. The van der Waals surface area contributed by atoms with Crippen LogP contribution in [0.15, 0.2) is 22.7 Å². The molecule has 0 spiro atoms. The summed E-state index contributed by atoms with van der Waals surface area (Å²) in [5.41, 5.74) is 7.56. The van der Waals surface area contributed by atoms with E-state index in [1.54, 1.807) is 0 Å². The highest BCUT2D eigenvalue weighted by Gasteiger charge is 2.30. The van der Waals surface area contributed by atoms with Crippen LogP contribution in [0, 0.1) is 17.2 Å². The maximum Gasteiger partial charge on any atom is 0.101 e. The van der Waals surface area contributed by atoms with Gasteiger partial charge in [-0.05, 0) is 43.5 Å². The van der Waals surface area contributed by atoms with Crippen molar-refractivity contribution in [1.29, 1.82) is 5.26 Å². The summed E-state index contributed by atoms with van der Waals surface area (Å²) >= 11 is 3.41. The Morgan fingerprint density at radius 1 is 1.50 bits per heavy atom. The monoisotopic (exact) mass is 307 g/mol. The lowest BCUT2D eigenvalue weighted by molar-refractivity contribution is 0.474. The Bertz CT molecular complexity index is 467. The Balaban J connectivity index is 2.28. The van der Waals surface area contributed by atoms with Crippen molar-refractivity contribution in [3.63, 3.8) is 0 Å². The fourth-order valence-corrected chi connectivity index (χ4v) is 3.25. The first-order valence-corrected chi connectivity index (χ1v) is 7.09. The fourth-order valence-electron chi connectivity index (χ4n) is 2.89. The van der Waals surface area contributed by atoms with Crippen LogP contribution in [-0.2, 0) is 0 Å². The minimum absolute atomic E-state index is 0.461. The molecule has 0 amide bonds. The zero-order chi connectivity index (χ0) is 13.1. The molecule has 0 radical (unpaired) electrons. The Morgan fingerprint density at radius 2 is 2.28 bits per heavy atom. The van der Waals surface area contributed by atoms with Gasteiger partial charge >= 0.3 is 0 Å². The van der Waals surface area contributed by atoms with Gasteiger partial charge in [0.05, 0.1) is 11.3 Å². The first-order chi connectivity index (χ1) is 8.67. The van der Waals surface area contributed by atoms with E-state index >= 15 is 0 Å². The van der Waals surface area contributed by atoms with Crippen molar-refractivity contribution in [2.45, 2.75) is 25.3 Å². The number of halogens is 1. The van der Waals surface area contributed by atoms with Gasteiger partial charge in [0.1, 0.15) is 6.07 Å². The number of benzene rings is 1. The van der Waals surface area contributed by atoms with Crippen molar-refractivity contribution in [1.82, 2.24) is 0 Å². The van der Waals surface area contributed by atoms with Gasteiger partial charge in [0.25, 0.3) is 0 Å². The predicted octanol–water partition coefficient (Wildman–Crippen LogP) is 2.88. The smallest absolute Gasteiger partial charge is 0.101 e. The number of hydrogen-bond acceptors (Lipinski definition) is 3. The quantitative estimate of drug-likeness (QED) is 0.934. The van der Waals surface area contributed by atoms with Crippen molar-refractivity contribution in [3.05, 3.63) is 28.2 Å². The number of rotatable bonds is 3. The van der Waals surface area contributed by atoms with Crippen LogP contribution in [0.4, 0.5) is 5.69 Å². The van der Waals surface area contributed by atoms with Gasteiger partial charge in [-0.1, -0.05) is 22.4 Å². The molecule has 1 aromatic rings. The lowest BCUT2D eigenvalue weighted by Gasteiger charge is -2.31. The van der Waals surface area contributed by atoms with Gasteiger partial charge in [-0.25, -0.2) is 0 Å². The lowest BCUT2D eigenvalue weighted by atomic mass is 10.0. The molecule has 2 atom stereocenters. The molecule has 4 heteroatoms. The third-order valence-corrected chi connectivity index (χ3v) is 4.37. The summed E-state index contributed by atoms with van der Waals surface area (Å²) in [4.78, 5) is 2.23. The summed E-state index contributed by atoms with van der Waals surface area (Å²) < 4.78 is 0.943. The van der Waals surface area contributed by atoms with Crippen LogP contribution in [0.3, 0.4) is 0 Å². The molecule has 18 heavy (non-hydrogen) atoms. The first kappa shape index (κ1) is 13.4. The molecular weight excluding hydrogens is 290 g/mol. The van der Waals surface area contributed by atoms with Gasteiger partial charge < -0.3 is 10.6 Å². The van der Waals surface area contributed by atoms with Crippen molar-refractivity contribution in [2.24, 2.45) is 11.7 Å². The Hall–Kier alpha value is -1.05. The Labute approximate surface area is 117 Å². The van der Waals surface area contributed by atoms with E-state index in [-0.39, 0.29) is 0 Å². The minimum atomic E-state index is 0.461. The normalized spacial score (nSPS) is 22.8. The van der Waals surface area contributed by atoms with Gasteiger partial charge in [-0.3, -0.25) is 0 Å². The second-order valence-electron chi connectivity index (χ2n) is 4.88. The van der Waals surface area contributed by atoms with Crippen molar-refractivity contribution in [3.8, 4) is 6.07 Å². The Kier molecular flexibility index (Phi) is 4.26. The lowest BCUT2D eigenvalue weighted by Crippen LogP contribution is -2.38. The maximum absolute atomic E-state index is 9.24. The molecule has 0 aliphatic heterocycles. The molecule has 0 saturated heterocycles. The van der Waals surface area contributed by atoms with E-state index in [4.69, 9.17) is 5.73 Å². The molecule has 2 unspecified atom stereocenters. The molecule has 0 bridgehead atoms. The summed E-state index contributed by atoms with van der Waals surface area (Å²) in [5.74, 6) is 0.546. The van der Waals surface area contributed by atoms with Gasteiger partial charge in [0.2, 0.25) is 0 Å². The summed E-state index contributed by atoms with van der Waals surface area (Å²) in [6.07, 6.45) is 3.60. The molecule has 2 rings (SSSR count). The molecule has 1 saturated carbocycles. The van der Waals surface area contributed by atoms with Crippen molar-refractivity contribution in [2.75, 3.05) is 18.5 Å². The maximum atomic E-state index is 9.24. The van der Waals surface area contributed by atoms with Crippen LogP contribution >= 0.6 is 15.9 Å². The second kappa shape index (κ2) is 5.73. The van der Waals surface area contributed by atoms with Crippen molar-refractivity contribution < 1.29 is 0 Å². The fraction of sp³-hybridized carbons (Fsp3) is 0.500. The number of nitrogens with two attached hydrogens (primary N) is 1. The van der Waals surface area contributed by atoms with Crippen LogP contribution in [0.25, 0.3) is 0 Å². The zero-order valence-corrected chi connectivity index (χ0v) is 12.2. The summed E-state index contributed by atoms with van der Waals surface area (Å²) in [6.45, 7) is 0.730. The molecule has 1 aliphatic carbocycles. The van der Waals surface area contributed by atoms with E-state index in [0.717, 1.165) is 22.3 Å². The molecule has 1 aromatic carbocycles. The van der Waals surface area contributed by atoms with E-state index in [2.05, 4.69) is 33.9 Å². The summed E-state index contributed by atoms with van der Waals surface area (Å²) in [5, 5.41) is 9.24. The van der Waals surface area contributed by atoms with E-state index in [0.29, 0.717) is 12.0 Å². The van der Waals surface area contributed by atoms with Crippen molar-refractivity contribution >= 4 is 21.6 Å². The third-order valence-electron chi connectivity index (χ3n) is 3.88. The standard InChI is InChI=1S/C14H18BrN3/c1-18(13-4-2-3-10(13)8-16)14-6-5-12(15)7-11(14)9-17/h5-7,10,13H,2-4,8,16H2,1H3. The number of nitrogens with zero attached hydrogens (tertiary/aromatic N) is 2. The van der Waals surface area contributed by atoms with Gasteiger partial charge in [-0.15, -0.1) is 0 Å². The molecule has 1 aliphatic rings. The van der Waals surface area contributed by atoms with E-state index in [1.807, 2.05) is 18.2 Å². The van der Waals surface area contributed by atoms with Crippen LogP contribution in [0.5, 0.6) is 0 Å². The molecule has 2 N–H and O–H groups in total. The van der Waals surface area contributed by atoms with Crippen LogP contribution in [0.1, 0.15) is 24.8 Å². The van der Waals surface area contributed by atoms with E-state index in [9.17, 15) is 5.26 Å². The van der Waals surface area contributed by atoms with Crippen LogP contribution in [-0.4, -0.2) is 19.6 Å². The number of hydrogen-bond donors (Lipinski definition) is 1. The third kappa shape index (κ3) is 2.52.